The molecule has 1 aliphatic heterocycles. The smallest absolute Gasteiger partial charge is 0.319 e. The van der Waals surface area contributed by atoms with Crippen LogP contribution in [-0.4, -0.2) is 48.1 Å². The first-order chi connectivity index (χ1) is 11.3. The van der Waals surface area contributed by atoms with Crippen LogP contribution >= 0.6 is 0 Å². The number of pyridine rings is 1. The fourth-order valence-electron chi connectivity index (χ4n) is 2.63. The van der Waals surface area contributed by atoms with Crippen molar-refractivity contribution in [1.29, 1.82) is 0 Å². The van der Waals surface area contributed by atoms with Crippen molar-refractivity contribution in [1.82, 2.24) is 15.2 Å². The van der Waals surface area contributed by atoms with E-state index in [0.29, 0.717) is 24.7 Å². The van der Waals surface area contributed by atoms with Crippen LogP contribution in [0, 0.1) is 5.41 Å². The van der Waals surface area contributed by atoms with Gasteiger partial charge in [-0.3, -0.25) is 4.79 Å². The second-order valence-electron chi connectivity index (χ2n) is 7.00. The van der Waals surface area contributed by atoms with E-state index in [-0.39, 0.29) is 23.4 Å². The number of carbonyl (C=O) groups excluding carboxylic acids is 2. The van der Waals surface area contributed by atoms with Crippen molar-refractivity contribution >= 4 is 17.6 Å². The zero-order valence-corrected chi connectivity index (χ0v) is 14.8. The lowest BCUT2D eigenvalue weighted by Gasteiger charge is -2.35. The van der Waals surface area contributed by atoms with Gasteiger partial charge < -0.3 is 20.3 Å². The number of carbonyl (C=O) groups is 2. The molecule has 2 N–H and O–H groups in total. The molecule has 0 spiro atoms. The number of piperidine rings is 1. The Morgan fingerprint density at radius 3 is 2.42 bits per heavy atom. The molecule has 132 valence electrons. The molecule has 24 heavy (non-hydrogen) atoms. The summed E-state index contributed by atoms with van der Waals surface area (Å²) in [6.45, 7) is 7.12. The van der Waals surface area contributed by atoms with Gasteiger partial charge in [0.05, 0.1) is 19.0 Å². The third-order valence-corrected chi connectivity index (χ3v) is 3.96. The molecule has 0 atom stereocenters. The van der Waals surface area contributed by atoms with Crippen molar-refractivity contribution in [3.05, 3.63) is 18.3 Å². The molecule has 7 heteroatoms. The van der Waals surface area contributed by atoms with Gasteiger partial charge in [0.15, 0.2) is 0 Å². The Labute approximate surface area is 142 Å². The SMILES string of the molecule is COc1ccc(NC(=O)NC2CCN(C(=O)C(C)(C)C)CC2)cn1. The van der Waals surface area contributed by atoms with Gasteiger partial charge in [-0.2, -0.15) is 0 Å². The van der Waals surface area contributed by atoms with Crippen molar-refractivity contribution in [2.24, 2.45) is 5.41 Å². The number of urea groups is 1. The van der Waals surface area contributed by atoms with Crippen molar-refractivity contribution in [3.63, 3.8) is 0 Å². The maximum Gasteiger partial charge on any atom is 0.319 e. The molecule has 2 heterocycles. The zero-order chi connectivity index (χ0) is 17.7. The van der Waals surface area contributed by atoms with Crippen LogP contribution in [0.1, 0.15) is 33.6 Å². The Kier molecular flexibility index (Phi) is 5.64. The number of nitrogens with one attached hydrogen (secondary N) is 2. The number of hydrogen-bond donors (Lipinski definition) is 2. The van der Waals surface area contributed by atoms with E-state index in [4.69, 9.17) is 4.74 Å². The van der Waals surface area contributed by atoms with Gasteiger partial charge in [0.25, 0.3) is 0 Å². The maximum absolute atomic E-state index is 12.3. The number of anilines is 1. The number of hydrogen-bond acceptors (Lipinski definition) is 4. The second-order valence-corrected chi connectivity index (χ2v) is 7.00. The topological polar surface area (TPSA) is 83.6 Å². The molecule has 1 fully saturated rings. The minimum absolute atomic E-state index is 0.0697. The minimum Gasteiger partial charge on any atom is -0.481 e. The van der Waals surface area contributed by atoms with E-state index >= 15 is 0 Å². The van der Waals surface area contributed by atoms with Crippen LogP contribution in [0.2, 0.25) is 0 Å². The Morgan fingerprint density at radius 2 is 1.92 bits per heavy atom. The van der Waals surface area contributed by atoms with Crippen molar-refractivity contribution in [3.8, 4) is 5.88 Å². The molecule has 0 aromatic carbocycles. The molecule has 3 amide bonds. The predicted octanol–water partition coefficient (Wildman–Crippen LogP) is 2.25. The molecule has 0 saturated carbocycles. The maximum atomic E-state index is 12.3. The fraction of sp³-hybridized carbons (Fsp3) is 0.588. The predicted molar refractivity (Wildman–Crippen MR) is 92.0 cm³/mol. The Hall–Kier alpha value is -2.31. The summed E-state index contributed by atoms with van der Waals surface area (Å²) in [6, 6.07) is 3.23. The number of aromatic nitrogens is 1. The lowest BCUT2D eigenvalue weighted by molar-refractivity contribution is -0.140. The number of methoxy groups -OCH3 is 1. The van der Waals surface area contributed by atoms with Crippen LogP contribution in [0.25, 0.3) is 0 Å². The van der Waals surface area contributed by atoms with Gasteiger partial charge in [0.1, 0.15) is 0 Å². The first-order valence-electron chi connectivity index (χ1n) is 8.16. The van der Waals surface area contributed by atoms with Gasteiger partial charge in [-0.1, -0.05) is 20.8 Å². The highest BCUT2D eigenvalue weighted by Gasteiger charge is 2.30. The highest BCUT2D eigenvalue weighted by molar-refractivity contribution is 5.89. The van der Waals surface area contributed by atoms with Crippen molar-refractivity contribution in [2.45, 2.75) is 39.7 Å². The summed E-state index contributed by atoms with van der Waals surface area (Å²) in [5.41, 5.74) is 0.243. The van der Waals surface area contributed by atoms with E-state index in [1.807, 2.05) is 25.7 Å². The first-order valence-corrected chi connectivity index (χ1v) is 8.16. The lowest BCUT2D eigenvalue weighted by Crippen LogP contribution is -2.49. The highest BCUT2D eigenvalue weighted by atomic mass is 16.5. The Balaban J connectivity index is 1.78. The molecule has 2 rings (SSSR count). The Bertz CT molecular complexity index is 572. The molecule has 1 saturated heterocycles. The molecular weight excluding hydrogens is 308 g/mol. The van der Waals surface area contributed by atoms with E-state index in [0.717, 1.165) is 12.8 Å². The molecule has 1 aliphatic rings. The van der Waals surface area contributed by atoms with Crippen LogP contribution in [-0.2, 0) is 4.79 Å². The van der Waals surface area contributed by atoms with Crippen molar-refractivity contribution < 1.29 is 14.3 Å². The van der Waals surface area contributed by atoms with Gasteiger partial charge in [0.2, 0.25) is 11.8 Å². The van der Waals surface area contributed by atoms with Crippen molar-refractivity contribution in [2.75, 3.05) is 25.5 Å². The van der Waals surface area contributed by atoms with Gasteiger partial charge in [-0.15, -0.1) is 0 Å². The van der Waals surface area contributed by atoms with Gasteiger partial charge in [-0.25, -0.2) is 9.78 Å². The summed E-state index contributed by atoms with van der Waals surface area (Å²) in [4.78, 5) is 30.2. The number of likely N-dealkylation sites (tertiary alicyclic amines) is 1. The lowest BCUT2D eigenvalue weighted by atomic mass is 9.93. The van der Waals surface area contributed by atoms with Crippen LogP contribution < -0.4 is 15.4 Å². The molecule has 1 aromatic heterocycles. The van der Waals surface area contributed by atoms with Gasteiger partial charge in [-0.05, 0) is 18.9 Å². The molecular formula is C17H26N4O3. The molecule has 0 bridgehead atoms. The Morgan fingerprint density at radius 1 is 1.25 bits per heavy atom. The van der Waals surface area contributed by atoms with E-state index in [2.05, 4.69) is 15.6 Å². The standard InChI is InChI=1S/C17H26N4O3/c1-17(2,3)15(22)21-9-7-12(8-10-21)19-16(23)20-13-5-6-14(24-4)18-11-13/h5-6,11-12H,7-10H2,1-4H3,(H2,19,20,23). The van der Waals surface area contributed by atoms with Gasteiger partial charge >= 0.3 is 6.03 Å². The number of nitrogens with zero attached hydrogens (tertiary/aromatic N) is 2. The number of ether oxygens (including phenoxy) is 1. The van der Waals surface area contributed by atoms with E-state index in [1.165, 1.54) is 0 Å². The van der Waals surface area contributed by atoms with E-state index in [9.17, 15) is 9.59 Å². The molecule has 0 unspecified atom stereocenters. The van der Waals surface area contributed by atoms with Crippen LogP contribution in [0.15, 0.2) is 18.3 Å². The van der Waals surface area contributed by atoms with E-state index in [1.54, 1.807) is 25.4 Å². The fourth-order valence-corrected chi connectivity index (χ4v) is 2.63. The average Bonchev–Trinajstić information content (AvgIpc) is 2.54. The summed E-state index contributed by atoms with van der Waals surface area (Å²) < 4.78 is 4.98. The molecule has 0 aliphatic carbocycles. The molecule has 7 nitrogen and oxygen atoms in total. The van der Waals surface area contributed by atoms with Gasteiger partial charge in [0, 0.05) is 30.6 Å². The second kappa shape index (κ2) is 7.51. The molecule has 1 aromatic rings. The largest absolute Gasteiger partial charge is 0.481 e. The summed E-state index contributed by atoms with van der Waals surface area (Å²) in [7, 11) is 1.54. The summed E-state index contributed by atoms with van der Waals surface area (Å²) in [6.07, 6.45) is 3.06. The summed E-state index contributed by atoms with van der Waals surface area (Å²) >= 11 is 0. The molecule has 0 radical (unpaired) electrons. The number of rotatable bonds is 3. The highest BCUT2D eigenvalue weighted by Crippen LogP contribution is 2.21. The van der Waals surface area contributed by atoms with Crippen LogP contribution in [0.4, 0.5) is 10.5 Å². The summed E-state index contributed by atoms with van der Waals surface area (Å²) in [5.74, 6) is 0.659. The quantitative estimate of drug-likeness (QED) is 0.888. The van der Waals surface area contributed by atoms with Crippen LogP contribution in [0.5, 0.6) is 5.88 Å². The third-order valence-electron chi connectivity index (χ3n) is 3.96. The monoisotopic (exact) mass is 334 g/mol. The minimum atomic E-state index is -0.362. The summed E-state index contributed by atoms with van der Waals surface area (Å²) in [5, 5.41) is 5.70. The van der Waals surface area contributed by atoms with Crippen LogP contribution in [0.3, 0.4) is 0 Å². The average molecular weight is 334 g/mol. The normalized spacial score (nSPS) is 15.8. The van der Waals surface area contributed by atoms with E-state index < -0.39 is 0 Å². The number of amides is 3. The first kappa shape index (κ1) is 18.0. The zero-order valence-electron chi connectivity index (χ0n) is 14.8. The third kappa shape index (κ3) is 4.84.